The zero-order chi connectivity index (χ0) is 18.9. The molecule has 0 spiro atoms. The van der Waals surface area contributed by atoms with Gasteiger partial charge in [0, 0.05) is 44.8 Å². The number of nitrogens with zero attached hydrogens (tertiary/aromatic N) is 4. The Bertz CT molecular complexity index is 675. The van der Waals surface area contributed by atoms with E-state index in [0.717, 1.165) is 43.0 Å². The molecule has 1 aromatic rings. The Morgan fingerprint density at radius 3 is 2.35 bits per heavy atom. The summed E-state index contributed by atoms with van der Waals surface area (Å²) in [6.45, 7) is 8.42. The highest BCUT2D eigenvalue weighted by atomic mass is 16.2. The van der Waals surface area contributed by atoms with Crippen molar-refractivity contribution in [1.82, 2.24) is 9.80 Å². The van der Waals surface area contributed by atoms with E-state index in [1.165, 1.54) is 0 Å². The Morgan fingerprint density at radius 2 is 1.77 bits per heavy atom. The Kier molecular flexibility index (Phi) is 7.59. The largest absolute Gasteiger partial charge is 0.324 e. The van der Waals surface area contributed by atoms with E-state index in [1.54, 1.807) is 0 Å². The summed E-state index contributed by atoms with van der Waals surface area (Å²) < 4.78 is 0. The van der Waals surface area contributed by atoms with E-state index in [4.69, 9.17) is 5.26 Å². The number of aryl methyl sites for hydroxylation is 2. The van der Waals surface area contributed by atoms with Crippen LogP contribution in [0.25, 0.3) is 0 Å². The highest BCUT2D eigenvalue weighted by Crippen LogP contribution is 2.19. The lowest BCUT2D eigenvalue weighted by Crippen LogP contribution is -2.49. The SMILES string of the molecule is Cc1cccc(C)c1NC(=O)CN1CCN(CC(C#N)CCC#N)CC1. The van der Waals surface area contributed by atoms with E-state index in [9.17, 15) is 10.1 Å². The average Bonchev–Trinajstić information content (AvgIpc) is 2.63. The van der Waals surface area contributed by atoms with Crippen molar-refractivity contribution >= 4 is 11.6 Å². The molecule has 1 fully saturated rings. The second-order valence-corrected chi connectivity index (χ2v) is 6.91. The lowest BCUT2D eigenvalue weighted by molar-refractivity contribution is -0.117. The van der Waals surface area contributed by atoms with Gasteiger partial charge in [0.15, 0.2) is 0 Å². The summed E-state index contributed by atoms with van der Waals surface area (Å²) in [5, 5.41) is 20.9. The summed E-state index contributed by atoms with van der Waals surface area (Å²) in [5.74, 6) is -0.0756. The van der Waals surface area contributed by atoms with Gasteiger partial charge in [-0.3, -0.25) is 14.6 Å². The van der Waals surface area contributed by atoms with E-state index >= 15 is 0 Å². The van der Waals surface area contributed by atoms with Crippen LogP contribution in [-0.4, -0.2) is 55.0 Å². The van der Waals surface area contributed by atoms with Crippen molar-refractivity contribution in [2.24, 2.45) is 5.92 Å². The minimum atomic E-state index is -0.0893. The lowest BCUT2D eigenvalue weighted by Gasteiger charge is -2.35. The van der Waals surface area contributed by atoms with E-state index in [2.05, 4.69) is 27.3 Å². The van der Waals surface area contributed by atoms with Gasteiger partial charge in [-0.1, -0.05) is 18.2 Å². The molecule has 0 aliphatic carbocycles. The van der Waals surface area contributed by atoms with Gasteiger partial charge in [-0.25, -0.2) is 0 Å². The number of hydrogen-bond acceptors (Lipinski definition) is 5. The smallest absolute Gasteiger partial charge is 0.238 e. The van der Waals surface area contributed by atoms with Crippen LogP contribution in [0.4, 0.5) is 5.69 Å². The fraction of sp³-hybridized carbons (Fsp3) is 0.550. The van der Waals surface area contributed by atoms with Crippen molar-refractivity contribution in [3.63, 3.8) is 0 Å². The summed E-state index contributed by atoms with van der Waals surface area (Å²) in [5.41, 5.74) is 3.05. The summed E-state index contributed by atoms with van der Waals surface area (Å²) >= 11 is 0. The van der Waals surface area contributed by atoms with Crippen LogP contribution in [0.1, 0.15) is 24.0 Å². The fourth-order valence-electron chi connectivity index (χ4n) is 3.27. The first kappa shape index (κ1) is 19.9. The monoisotopic (exact) mass is 353 g/mol. The first-order chi connectivity index (χ1) is 12.5. The standard InChI is InChI=1S/C20H27N5O/c1-16-5-3-6-17(2)20(16)23-19(26)15-25-11-9-24(10-12-25)14-18(13-22)7-4-8-21/h3,5-6,18H,4,7,9-12,14-15H2,1-2H3,(H,23,26). The molecule has 1 aliphatic heterocycles. The summed E-state index contributed by atoms with van der Waals surface area (Å²) in [7, 11) is 0. The Hall–Kier alpha value is -2.41. The number of nitriles is 2. The molecule has 1 saturated heterocycles. The molecule has 26 heavy (non-hydrogen) atoms. The first-order valence-electron chi connectivity index (χ1n) is 9.10. The number of anilines is 1. The Balaban J connectivity index is 1.77. The quantitative estimate of drug-likeness (QED) is 0.813. The van der Waals surface area contributed by atoms with Gasteiger partial charge in [0.2, 0.25) is 5.91 Å². The van der Waals surface area contributed by atoms with Crippen LogP contribution in [0.3, 0.4) is 0 Å². The predicted octanol–water partition coefficient (Wildman–Crippen LogP) is 2.30. The number of amides is 1. The predicted molar refractivity (Wildman–Crippen MR) is 101 cm³/mol. The molecule has 6 nitrogen and oxygen atoms in total. The van der Waals surface area contributed by atoms with Gasteiger partial charge in [0.25, 0.3) is 0 Å². The normalized spacial score (nSPS) is 16.5. The number of piperazine rings is 1. The van der Waals surface area contributed by atoms with Crippen molar-refractivity contribution in [3.8, 4) is 12.1 Å². The van der Waals surface area contributed by atoms with Gasteiger partial charge in [0.05, 0.1) is 24.6 Å². The lowest BCUT2D eigenvalue weighted by atomic mass is 10.0. The Labute approximate surface area is 156 Å². The number of rotatable bonds is 7. The molecule has 1 aliphatic rings. The maximum absolute atomic E-state index is 12.4. The third kappa shape index (κ3) is 5.84. The molecule has 6 heteroatoms. The van der Waals surface area contributed by atoms with Crippen molar-refractivity contribution in [2.45, 2.75) is 26.7 Å². The molecule has 0 bridgehead atoms. The van der Waals surface area contributed by atoms with Crippen molar-refractivity contribution in [3.05, 3.63) is 29.3 Å². The summed E-state index contributed by atoms with van der Waals surface area (Å²) in [6.07, 6.45) is 1.06. The highest BCUT2D eigenvalue weighted by molar-refractivity contribution is 5.93. The van der Waals surface area contributed by atoms with E-state index in [1.807, 2.05) is 32.0 Å². The molecule has 2 rings (SSSR count). The molecule has 1 aromatic carbocycles. The molecule has 1 N–H and O–H groups in total. The highest BCUT2D eigenvalue weighted by Gasteiger charge is 2.21. The zero-order valence-electron chi connectivity index (χ0n) is 15.7. The fourth-order valence-corrected chi connectivity index (χ4v) is 3.27. The van der Waals surface area contributed by atoms with Gasteiger partial charge >= 0.3 is 0 Å². The molecule has 0 aromatic heterocycles. The topological polar surface area (TPSA) is 83.2 Å². The van der Waals surface area contributed by atoms with Crippen LogP contribution < -0.4 is 5.32 Å². The van der Waals surface area contributed by atoms with Crippen LogP contribution in [0.2, 0.25) is 0 Å². The van der Waals surface area contributed by atoms with Crippen molar-refractivity contribution in [1.29, 1.82) is 10.5 Å². The maximum atomic E-state index is 12.4. The second-order valence-electron chi connectivity index (χ2n) is 6.91. The van der Waals surface area contributed by atoms with Gasteiger partial charge in [0.1, 0.15) is 0 Å². The summed E-state index contributed by atoms with van der Waals surface area (Å²) in [6, 6.07) is 10.4. The molecule has 1 heterocycles. The van der Waals surface area contributed by atoms with Gasteiger partial charge in [-0.2, -0.15) is 10.5 Å². The molecule has 1 atom stereocenters. The van der Waals surface area contributed by atoms with E-state index < -0.39 is 0 Å². The van der Waals surface area contributed by atoms with E-state index in [0.29, 0.717) is 25.9 Å². The van der Waals surface area contributed by atoms with Crippen LogP contribution in [0.15, 0.2) is 18.2 Å². The number of carbonyl (C=O) groups excluding carboxylic acids is 1. The third-order valence-electron chi connectivity index (χ3n) is 4.84. The minimum Gasteiger partial charge on any atom is -0.324 e. The molecule has 0 radical (unpaired) electrons. The van der Waals surface area contributed by atoms with Gasteiger partial charge in [-0.15, -0.1) is 0 Å². The van der Waals surface area contributed by atoms with Crippen LogP contribution in [0.5, 0.6) is 0 Å². The molecule has 138 valence electrons. The minimum absolute atomic E-state index is 0.0137. The number of para-hydroxylation sites is 1. The first-order valence-corrected chi connectivity index (χ1v) is 9.10. The van der Waals surface area contributed by atoms with Crippen LogP contribution >= 0.6 is 0 Å². The Morgan fingerprint density at radius 1 is 1.15 bits per heavy atom. The molecule has 1 unspecified atom stereocenters. The number of benzene rings is 1. The molecular formula is C20H27N5O. The van der Waals surface area contributed by atoms with Crippen molar-refractivity contribution < 1.29 is 4.79 Å². The maximum Gasteiger partial charge on any atom is 0.238 e. The van der Waals surface area contributed by atoms with Gasteiger partial charge in [-0.05, 0) is 31.4 Å². The van der Waals surface area contributed by atoms with Crippen LogP contribution in [0, 0.1) is 42.4 Å². The van der Waals surface area contributed by atoms with E-state index in [-0.39, 0.29) is 11.8 Å². The molecular weight excluding hydrogens is 326 g/mol. The number of nitrogens with one attached hydrogen (secondary N) is 1. The van der Waals surface area contributed by atoms with Crippen molar-refractivity contribution in [2.75, 3.05) is 44.6 Å². The molecule has 1 amide bonds. The second kappa shape index (κ2) is 9.91. The van der Waals surface area contributed by atoms with Gasteiger partial charge < -0.3 is 5.32 Å². The average molecular weight is 353 g/mol. The number of carbonyl (C=O) groups is 1. The third-order valence-corrected chi connectivity index (χ3v) is 4.84. The van der Waals surface area contributed by atoms with Crippen LogP contribution in [-0.2, 0) is 4.79 Å². The summed E-state index contributed by atoms with van der Waals surface area (Å²) in [4.78, 5) is 16.8. The number of hydrogen-bond donors (Lipinski definition) is 1. The zero-order valence-corrected chi connectivity index (χ0v) is 15.7. The molecule has 0 saturated carbocycles.